The molecule has 0 aromatic heterocycles. The van der Waals surface area contributed by atoms with E-state index in [2.05, 4.69) is 5.32 Å². The number of halogens is 2. The smallest absolute Gasteiger partial charge is 0.251 e. The van der Waals surface area contributed by atoms with Crippen LogP contribution in [-0.4, -0.2) is 33.3 Å². The molecule has 0 heterocycles. The van der Waals surface area contributed by atoms with Gasteiger partial charge in [-0.15, -0.1) is 0 Å². The largest absolute Gasteiger partial charge is 0.493 e. The van der Waals surface area contributed by atoms with Gasteiger partial charge in [0, 0.05) is 18.7 Å². The van der Waals surface area contributed by atoms with Crippen molar-refractivity contribution >= 4 is 5.91 Å². The van der Waals surface area contributed by atoms with Crippen LogP contribution in [0, 0.1) is 11.6 Å². The van der Waals surface area contributed by atoms with Gasteiger partial charge in [0.05, 0.1) is 19.8 Å². The lowest BCUT2D eigenvalue weighted by Crippen LogP contribution is -2.26. The third-order valence-corrected chi connectivity index (χ3v) is 3.71. The van der Waals surface area contributed by atoms with Crippen LogP contribution in [-0.2, 0) is 4.74 Å². The summed E-state index contributed by atoms with van der Waals surface area (Å²) < 4.78 is 42.3. The van der Waals surface area contributed by atoms with Gasteiger partial charge in [-0.05, 0) is 36.8 Å². The van der Waals surface area contributed by atoms with Crippen LogP contribution in [0.2, 0.25) is 0 Å². The second-order valence-electron chi connectivity index (χ2n) is 5.60. The third kappa shape index (κ3) is 5.16. The summed E-state index contributed by atoms with van der Waals surface area (Å²) in [4.78, 5) is 12.2. The second kappa shape index (κ2) is 9.15. The molecular formula is C19H21F2NO4. The molecule has 0 radical (unpaired) electrons. The lowest BCUT2D eigenvalue weighted by molar-refractivity contribution is 0.0939. The summed E-state index contributed by atoms with van der Waals surface area (Å²) in [5.41, 5.74) is 0.673. The molecule has 2 rings (SSSR count). The number of rotatable bonds is 8. The summed E-state index contributed by atoms with van der Waals surface area (Å²) >= 11 is 0. The van der Waals surface area contributed by atoms with E-state index >= 15 is 0 Å². The molecule has 0 fully saturated rings. The fourth-order valence-electron chi connectivity index (χ4n) is 2.36. The summed E-state index contributed by atoms with van der Waals surface area (Å²) in [6, 6.07) is 7.52. The Bertz CT molecular complexity index is 747. The minimum atomic E-state index is -0.804. The first-order valence-electron chi connectivity index (χ1n) is 8.01. The molecular weight excluding hydrogens is 344 g/mol. The van der Waals surface area contributed by atoms with Crippen molar-refractivity contribution in [1.82, 2.24) is 5.32 Å². The first-order chi connectivity index (χ1) is 12.4. The van der Waals surface area contributed by atoms with E-state index < -0.39 is 23.6 Å². The van der Waals surface area contributed by atoms with Gasteiger partial charge in [0.15, 0.2) is 11.5 Å². The Hall–Kier alpha value is -2.67. The maximum atomic E-state index is 13.3. The third-order valence-electron chi connectivity index (χ3n) is 3.71. The van der Waals surface area contributed by atoms with E-state index in [-0.39, 0.29) is 5.56 Å². The van der Waals surface area contributed by atoms with E-state index in [1.807, 2.05) is 0 Å². The monoisotopic (exact) mass is 365 g/mol. The molecule has 0 saturated heterocycles. The highest BCUT2D eigenvalue weighted by Crippen LogP contribution is 2.30. The van der Waals surface area contributed by atoms with Gasteiger partial charge < -0.3 is 19.5 Å². The van der Waals surface area contributed by atoms with E-state index in [0.717, 1.165) is 17.7 Å². The fourth-order valence-corrected chi connectivity index (χ4v) is 2.36. The van der Waals surface area contributed by atoms with Crippen LogP contribution in [0.15, 0.2) is 36.4 Å². The highest BCUT2D eigenvalue weighted by molar-refractivity contribution is 5.94. The van der Waals surface area contributed by atoms with Gasteiger partial charge in [-0.3, -0.25) is 4.79 Å². The molecule has 2 aromatic carbocycles. The summed E-state index contributed by atoms with van der Waals surface area (Å²) in [7, 11) is 3.10. The second-order valence-corrected chi connectivity index (χ2v) is 5.60. The van der Waals surface area contributed by atoms with Crippen molar-refractivity contribution in [1.29, 1.82) is 0 Å². The fraction of sp³-hybridized carbons (Fsp3) is 0.316. The number of hydrogen-bond donors (Lipinski definition) is 1. The Kier molecular flexibility index (Phi) is 6.91. The number of carbonyl (C=O) groups is 1. The van der Waals surface area contributed by atoms with Crippen LogP contribution in [0.4, 0.5) is 8.78 Å². The van der Waals surface area contributed by atoms with Crippen LogP contribution in [0.1, 0.15) is 28.9 Å². The van der Waals surface area contributed by atoms with E-state index in [9.17, 15) is 13.6 Å². The maximum absolute atomic E-state index is 13.3. The molecule has 0 unspecified atom stereocenters. The maximum Gasteiger partial charge on any atom is 0.251 e. The summed E-state index contributed by atoms with van der Waals surface area (Å²) in [5, 5.41) is 2.70. The predicted molar refractivity (Wildman–Crippen MR) is 92.6 cm³/mol. The van der Waals surface area contributed by atoms with Crippen molar-refractivity contribution in [3.8, 4) is 11.5 Å². The van der Waals surface area contributed by atoms with Gasteiger partial charge in [0.1, 0.15) is 18.2 Å². The molecule has 2 aromatic rings. The van der Waals surface area contributed by atoms with Crippen molar-refractivity contribution in [3.05, 3.63) is 59.2 Å². The Balaban J connectivity index is 2.10. The molecule has 0 aliphatic carbocycles. The highest BCUT2D eigenvalue weighted by atomic mass is 19.1. The predicted octanol–water partition coefficient (Wildman–Crippen LogP) is 3.49. The minimum absolute atomic E-state index is 0.0826. The van der Waals surface area contributed by atoms with E-state index in [1.54, 1.807) is 32.2 Å². The molecule has 1 amide bonds. The molecule has 0 spiro atoms. The number of methoxy groups -OCH3 is 2. The van der Waals surface area contributed by atoms with Crippen molar-refractivity contribution < 1.29 is 27.8 Å². The van der Waals surface area contributed by atoms with Gasteiger partial charge >= 0.3 is 0 Å². The Morgan fingerprint density at radius 3 is 2.35 bits per heavy atom. The number of nitrogens with one attached hydrogen (secondary N) is 1. The van der Waals surface area contributed by atoms with E-state index in [4.69, 9.17) is 14.2 Å². The zero-order valence-electron chi connectivity index (χ0n) is 14.8. The van der Waals surface area contributed by atoms with Crippen molar-refractivity contribution in [3.63, 3.8) is 0 Å². The first-order valence-corrected chi connectivity index (χ1v) is 8.01. The molecule has 1 N–H and O–H groups in total. The summed E-state index contributed by atoms with van der Waals surface area (Å²) in [5.74, 6) is -1.12. The average molecular weight is 365 g/mol. The lowest BCUT2D eigenvalue weighted by atomic mass is 10.1. The van der Waals surface area contributed by atoms with Gasteiger partial charge in [0.2, 0.25) is 0 Å². The van der Waals surface area contributed by atoms with Crippen LogP contribution in [0.25, 0.3) is 0 Å². The first kappa shape index (κ1) is 19.7. The summed E-state index contributed by atoms with van der Waals surface area (Å²) in [6.45, 7) is 2.58. The Labute approximate surface area is 150 Å². The van der Waals surface area contributed by atoms with Crippen molar-refractivity contribution in [2.75, 3.05) is 27.4 Å². The zero-order chi connectivity index (χ0) is 19.1. The molecule has 1 atom stereocenters. The molecule has 0 bridgehead atoms. The Morgan fingerprint density at radius 2 is 1.73 bits per heavy atom. The van der Waals surface area contributed by atoms with Crippen LogP contribution in [0.5, 0.6) is 11.5 Å². The van der Waals surface area contributed by atoms with Gasteiger partial charge in [0.25, 0.3) is 5.91 Å². The van der Waals surface area contributed by atoms with Crippen molar-refractivity contribution in [2.24, 2.45) is 0 Å². The van der Waals surface area contributed by atoms with Crippen molar-refractivity contribution in [2.45, 2.75) is 13.0 Å². The topological polar surface area (TPSA) is 56.8 Å². The average Bonchev–Trinajstić information content (AvgIpc) is 2.61. The number of ether oxygens (including phenoxy) is 3. The number of carbonyl (C=O) groups excluding carboxylic acids is 1. The lowest BCUT2D eigenvalue weighted by Gasteiger charge is -2.17. The van der Waals surface area contributed by atoms with E-state index in [0.29, 0.717) is 30.8 Å². The molecule has 26 heavy (non-hydrogen) atoms. The van der Waals surface area contributed by atoms with Gasteiger partial charge in [-0.25, -0.2) is 8.78 Å². The Morgan fingerprint density at radius 1 is 1.04 bits per heavy atom. The quantitative estimate of drug-likeness (QED) is 0.728. The van der Waals surface area contributed by atoms with Gasteiger partial charge in [-0.1, -0.05) is 6.07 Å². The van der Waals surface area contributed by atoms with Crippen LogP contribution >= 0.6 is 0 Å². The number of hydrogen-bond acceptors (Lipinski definition) is 4. The summed E-state index contributed by atoms with van der Waals surface area (Å²) in [6.07, 6.45) is 0. The highest BCUT2D eigenvalue weighted by Gasteiger charge is 2.15. The van der Waals surface area contributed by atoms with Gasteiger partial charge in [-0.2, -0.15) is 0 Å². The van der Waals surface area contributed by atoms with E-state index in [1.165, 1.54) is 7.11 Å². The molecule has 0 aliphatic rings. The molecule has 0 saturated carbocycles. The van der Waals surface area contributed by atoms with Crippen LogP contribution < -0.4 is 14.8 Å². The minimum Gasteiger partial charge on any atom is -0.493 e. The molecule has 0 aliphatic heterocycles. The van der Waals surface area contributed by atoms with Crippen LogP contribution in [0.3, 0.4) is 0 Å². The zero-order valence-corrected chi connectivity index (χ0v) is 14.8. The standard InChI is InChI=1S/C19H21F2NO4/c1-12(22-19(23)14-8-15(20)11-16(21)9-14)13-4-5-17(18(10-13)25-3)26-7-6-24-2/h4-5,8-12H,6-7H2,1-3H3,(H,22,23)/t12-/m1/s1. The number of amides is 1. The molecule has 140 valence electrons. The molecule has 7 heteroatoms. The molecule has 5 nitrogen and oxygen atoms in total. The normalized spacial score (nSPS) is 11.7. The SMILES string of the molecule is COCCOc1ccc([C@@H](C)NC(=O)c2cc(F)cc(F)c2)cc1OC. The number of benzene rings is 2.